The van der Waals surface area contributed by atoms with Gasteiger partial charge in [0.15, 0.2) is 0 Å². The third-order valence-corrected chi connectivity index (χ3v) is 4.49. The summed E-state index contributed by atoms with van der Waals surface area (Å²) in [7, 11) is 1.36. The van der Waals surface area contributed by atoms with Crippen LogP contribution in [0.5, 0.6) is 0 Å². The van der Waals surface area contributed by atoms with Gasteiger partial charge in [-0.05, 0) is 61.9 Å². The number of nitrogens with zero attached hydrogens (tertiary/aromatic N) is 1. The van der Waals surface area contributed by atoms with E-state index in [1.807, 2.05) is 32.0 Å². The number of hydrogen-bond donors (Lipinski definition) is 1. The minimum atomic E-state index is -0.399. The van der Waals surface area contributed by atoms with Crippen molar-refractivity contribution in [2.75, 3.05) is 19.0 Å². The number of ether oxygens (including phenoxy) is 2. The Bertz CT molecular complexity index is 1040. The van der Waals surface area contributed by atoms with E-state index in [0.717, 1.165) is 40.8 Å². The summed E-state index contributed by atoms with van der Waals surface area (Å²) in [6, 6.07) is 14.3. The Hall–Kier alpha value is -3.12. The molecule has 3 rings (SSSR count). The van der Waals surface area contributed by atoms with Gasteiger partial charge < -0.3 is 27.2 Å². The van der Waals surface area contributed by atoms with Crippen molar-refractivity contribution in [3.05, 3.63) is 65.4 Å². The summed E-state index contributed by atoms with van der Waals surface area (Å²) in [5, 5.41) is 4.15. The number of aryl methyl sites for hydroxylation is 1. The summed E-state index contributed by atoms with van der Waals surface area (Å²) < 4.78 is 10.0. The normalized spacial score (nSPS) is 10.2. The minimum Gasteiger partial charge on any atom is -1.00 e. The van der Waals surface area contributed by atoms with Gasteiger partial charge in [-0.1, -0.05) is 13.3 Å². The van der Waals surface area contributed by atoms with Crippen molar-refractivity contribution in [2.45, 2.75) is 26.7 Å². The molecule has 30 heavy (non-hydrogen) atoms. The monoisotopic (exact) mass is 427 g/mol. The molecule has 0 unspecified atom stereocenters. The maximum Gasteiger partial charge on any atom is 0.338 e. The number of fused-ring (bicyclic) bond motifs is 1. The lowest BCUT2D eigenvalue weighted by molar-refractivity contribution is -0.0000384. The number of nitrogens with one attached hydrogen (secondary N) is 1. The average molecular weight is 428 g/mol. The molecule has 0 aliphatic heterocycles. The van der Waals surface area contributed by atoms with E-state index < -0.39 is 5.97 Å². The van der Waals surface area contributed by atoms with Crippen molar-refractivity contribution in [2.24, 2.45) is 0 Å². The second-order valence-corrected chi connectivity index (χ2v) is 6.73. The molecule has 0 saturated heterocycles. The molecule has 0 aliphatic carbocycles. The molecule has 0 radical (unpaired) electrons. The Morgan fingerprint density at radius 1 is 1.00 bits per heavy atom. The van der Waals surface area contributed by atoms with Gasteiger partial charge in [-0.2, -0.15) is 0 Å². The van der Waals surface area contributed by atoms with E-state index in [1.165, 1.54) is 7.11 Å². The molecule has 0 spiro atoms. The van der Waals surface area contributed by atoms with Crippen LogP contribution in [0.3, 0.4) is 0 Å². The zero-order valence-corrected chi connectivity index (χ0v) is 18.0. The fraction of sp³-hybridized carbons (Fsp3) is 0.261. The summed E-state index contributed by atoms with van der Waals surface area (Å²) in [5.74, 6) is -0.720. The van der Waals surface area contributed by atoms with E-state index in [1.54, 1.807) is 30.3 Å². The van der Waals surface area contributed by atoms with Crippen LogP contribution >= 0.6 is 0 Å². The van der Waals surface area contributed by atoms with Crippen LogP contribution in [0.25, 0.3) is 10.9 Å². The maximum absolute atomic E-state index is 12.0. The first-order valence-electron chi connectivity index (χ1n) is 9.55. The molecular formula is C23H24ClN2O4-. The molecule has 0 atom stereocenters. The third-order valence-electron chi connectivity index (χ3n) is 4.49. The van der Waals surface area contributed by atoms with Gasteiger partial charge in [0.25, 0.3) is 0 Å². The van der Waals surface area contributed by atoms with Crippen LogP contribution < -0.4 is 17.7 Å². The molecule has 0 bridgehead atoms. The van der Waals surface area contributed by atoms with Gasteiger partial charge >= 0.3 is 11.9 Å². The zero-order valence-electron chi connectivity index (χ0n) is 17.2. The second-order valence-electron chi connectivity index (χ2n) is 6.73. The van der Waals surface area contributed by atoms with Crippen molar-refractivity contribution >= 4 is 34.2 Å². The molecular weight excluding hydrogens is 404 g/mol. The van der Waals surface area contributed by atoms with Crippen LogP contribution in [-0.2, 0) is 9.47 Å². The molecule has 0 amide bonds. The van der Waals surface area contributed by atoms with Crippen molar-refractivity contribution in [1.29, 1.82) is 0 Å². The first-order valence-corrected chi connectivity index (χ1v) is 9.55. The number of pyridine rings is 1. The number of carbonyl (C=O) groups is 2. The smallest absolute Gasteiger partial charge is 0.338 e. The van der Waals surface area contributed by atoms with Crippen LogP contribution in [0.4, 0.5) is 11.4 Å². The Kier molecular flexibility index (Phi) is 8.18. The summed E-state index contributed by atoms with van der Waals surface area (Å²) >= 11 is 0. The molecule has 1 heterocycles. The average Bonchev–Trinajstić information content (AvgIpc) is 2.73. The van der Waals surface area contributed by atoms with Crippen molar-refractivity contribution in [3.8, 4) is 0 Å². The van der Waals surface area contributed by atoms with E-state index in [9.17, 15) is 9.59 Å². The van der Waals surface area contributed by atoms with Crippen LogP contribution in [0, 0.1) is 6.92 Å². The third kappa shape index (κ3) is 5.48. The highest BCUT2D eigenvalue weighted by molar-refractivity contribution is 6.00. The number of aromatic nitrogens is 1. The largest absolute Gasteiger partial charge is 1.00 e. The number of esters is 2. The summed E-state index contributed by atoms with van der Waals surface area (Å²) in [4.78, 5) is 28.4. The minimum absolute atomic E-state index is 0. The standard InChI is InChI=1S/C23H24N2O4.ClH/c1-4-5-12-29-23(27)16-6-9-18(10-7-16)25-21-13-15(2)24-20-11-8-17(14-19(20)21)22(26)28-3;/h6-11,13-14H,4-5,12H2,1-3H3,(H,24,25);1H/p-1. The lowest BCUT2D eigenvalue weighted by Crippen LogP contribution is -3.00. The summed E-state index contributed by atoms with van der Waals surface area (Å²) in [6.45, 7) is 4.39. The van der Waals surface area contributed by atoms with Gasteiger partial charge in [0.05, 0.1) is 30.4 Å². The number of carbonyl (C=O) groups excluding carboxylic acids is 2. The van der Waals surface area contributed by atoms with Crippen LogP contribution in [0.15, 0.2) is 48.5 Å². The number of benzene rings is 2. The highest BCUT2D eigenvalue weighted by Crippen LogP contribution is 2.28. The molecule has 1 N–H and O–H groups in total. The summed E-state index contributed by atoms with van der Waals surface area (Å²) in [5.41, 5.74) is 4.22. The molecule has 7 heteroatoms. The SMILES string of the molecule is CCCCOC(=O)c1ccc(Nc2cc(C)nc3ccc(C(=O)OC)cc23)cc1.[Cl-]. The summed E-state index contributed by atoms with van der Waals surface area (Å²) in [6.07, 6.45) is 1.83. The van der Waals surface area contributed by atoms with E-state index >= 15 is 0 Å². The molecule has 1 aromatic heterocycles. The first-order chi connectivity index (χ1) is 14.0. The van der Waals surface area contributed by atoms with Gasteiger partial charge in [-0.15, -0.1) is 0 Å². The van der Waals surface area contributed by atoms with Crippen molar-refractivity contribution in [1.82, 2.24) is 4.98 Å². The lowest BCUT2D eigenvalue weighted by Gasteiger charge is -2.12. The number of hydrogen-bond acceptors (Lipinski definition) is 6. The molecule has 158 valence electrons. The van der Waals surface area contributed by atoms with Crippen molar-refractivity contribution < 1.29 is 31.5 Å². The predicted octanol–water partition coefficient (Wildman–Crippen LogP) is 2.03. The topological polar surface area (TPSA) is 77.5 Å². The van der Waals surface area contributed by atoms with Crippen LogP contribution in [0.1, 0.15) is 46.2 Å². The molecule has 0 fully saturated rings. The highest BCUT2D eigenvalue weighted by atomic mass is 35.5. The van der Waals surface area contributed by atoms with Gasteiger partial charge in [-0.25, -0.2) is 9.59 Å². The Balaban J connectivity index is 0.00000320. The molecule has 2 aromatic carbocycles. The quantitative estimate of drug-likeness (QED) is 0.459. The zero-order chi connectivity index (χ0) is 20.8. The fourth-order valence-corrected chi connectivity index (χ4v) is 2.94. The van der Waals surface area contributed by atoms with Gasteiger partial charge in [-0.3, -0.25) is 4.98 Å². The van der Waals surface area contributed by atoms with Crippen LogP contribution in [0.2, 0.25) is 0 Å². The Morgan fingerprint density at radius 3 is 2.37 bits per heavy atom. The number of methoxy groups -OCH3 is 1. The number of rotatable bonds is 7. The van der Waals surface area contributed by atoms with E-state index in [2.05, 4.69) is 10.3 Å². The molecule has 0 aliphatic rings. The Morgan fingerprint density at radius 2 is 1.70 bits per heavy atom. The van der Waals surface area contributed by atoms with Gasteiger partial charge in [0, 0.05) is 22.5 Å². The van der Waals surface area contributed by atoms with E-state index in [0.29, 0.717) is 17.7 Å². The molecule has 0 saturated carbocycles. The highest BCUT2D eigenvalue weighted by Gasteiger charge is 2.11. The Labute approximate surface area is 182 Å². The van der Waals surface area contributed by atoms with Gasteiger partial charge in [0.1, 0.15) is 0 Å². The molecule has 3 aromatic rings. The second kappa shape index (κ2) is 10.6. The number of anilines is 2. The van der Waals surface area contributed by atoms with Crippen molar-refractivity contribution in [3.63, 3.8) is 0 Å². The number of halogens is 1. The maximum atomic E-state index is 12.0. The number of unbranched alkanes of at least 4 members (excludes halogenated alkanes) is 1. The van der Waals surface area contributed by atoms with E-state index in [-0.39, 0.29) is 18.4 Å². The van der Waals surface area contributed by atoms with Crippen LogP contribution in [-0.4, -0.2) is 30.6 Å². The van der Waals surface area contributed by atoms with Gasteiger partial charge in [0.2, 0.25) is 0 Å². The molecule has 6 nitrogen and oxygen atoms in total. The van der Waals surface area contributed by atoms with E-state index in [4.69, 9.17) is 9.47 Å². The first kappa shape index (κ1) is 23.2. The fourth-order valence-electron chi connectivity index (χ4n) is 2.94. The predicted molar refractivity (Wildman–Crippen MR) is 113 cm³/mol. The lowest BCUT2D eigenvalue weighted by atomic mass is 10.1.